The molecule has 0 radical (unpaired) electrons. The molecule has 23 heavy (non-hydrogen) atoms. The normalized spacial score (nSPS) is 10.2. The minimum Gasteiger partial charge on any atom is -0.490 e. The van der Waals surface area contributed by atoms with Gasteiger partial charge in [-0.15, -0.1) is 0 Å². The molecule has 0 saturated heterocycles. The molecule has 0 aliphatic heterocycles. The van der Waals surface area contributed by atoms with Crippen LogP contribution >= 0.6 is 22.6 Å². The molecule has 0 spiro atoms. The predicted molar refractivity (Wildman–Crippen MR) is 94.9 cm³/mol. The topological polar surface area (TPSA) is 57.7 Å². The monoisotopic (exact) mass is 427 g/mol. The summed E-state index contributed by atoms with van der Waals surface area (Å²) in [6, 6.07) is 7.19. The number of aromatic nitrogens is 1. The highest BCUT2D eigenvalue weighted by molar-refractivity contribution is 14.1. The Morgan fingerprint density at radius 1 is 1.22 bits per heavy atom. The van der Waals surface area contributed by atoms with E-state index in [2.05, 4.69) is 27.6 Å². The lowest BCUT2D eigenvalue weighted by atomic mass is 10.2. The SMILES string of the molecule is CCOC(=O)c1cc(I)c(OCc2cccnc2)c(OCC)c1. The van der Waals surface area contributed by atoms with Gasteiger partial charge < -0.3 is 14.2 Å². The maximum absolute atomic E-state index is 11.9. The first-order valence-electron chi connectivity index (χ1n) is 7.30. The van der Waals surface area contributed by atoms with Gasteiger partial charge in [-0.2, -0.15) is 0 Å². The van der Waals surface area contributed by atoms with Crippen LogP contribution in [0.5, 0.6) is 11.5 Å². The fourth-order valence-corrected chi connectivity index (χ4v) is 2.70. The Hall–Kier alpha value is -1.83. The number of hydrogen-bond acceptors (Lipinski definition) is 5. The van der Waals surface area contributed by atoms with Crippen LogP contribution in [0.1, 0.15) is 29.8 Å². The van der Waals surface area contributed by atoms with Gasteiger partial charge in [0.05, 0.1) is 22.3 Å². The molecule has 0 aliphatic rings. The molecule has 0 bridgehead atoms. The van der Waals surface area contributed by atoms with Gasteiger partial charge in [0, 0.05) is 18.0 Å². The van der Waals surface area contributed by atoms with E-state index >= 15 is 0 Å². The van der Waals surface area contributed by atoms with Gasteiger partial charge in [0.25, 0.3) is 0 Å². The van der Waals surface area contributed by atoms with Gasteiger partial charge in [0.2, 0.25) is 0 Å². The van der Waals surface area contributed by atoms with Crippen molar-refractivity contribution >= 4 is 28.6 Å². The second-order valence-electron chi connectivity index (χ2n) is 4.59. The third kappa shape index (κ3) is 4.82. The fourth-order valence-electron chi connectivity index (χ4n) is 1.94. The fraction of sp³-hybridized carbons (Fsp3) is 0.294. The number of nitrogens with zero attached hydrogens (tertiary/aromatic N) is 1. The van der Waals surface area contributed by atoms with E-state index in [0.29, 0.717) is 36.9 Å². The Morgan fingerprint density at radius 2 is 2.04 bits per heavy atom. The highest BCUT2D eigenvalue weighted by atomic mass is 127. The van der Waals surface area contributed by atoms with Gasteiger partial charge in [-0.05, 0) is 54.6 Å². The van der Waals surface area contributed by atoms with Crippen molar-refractivity contribution in [2.45, 2.75) is 20.5 Å². The molecule has 0 N–H and O–H groups in total. The Kier molecular flexibility index (Phi) is 6.64. The first kappa shape index (κ1) is 17.5. The molecule has 0 aliphatic carbocycles. The molecule has 2 rings (SSSR count). The number of esters is 1. The van der Waals surface area contributed by atoms with E-state index in [1.165, 1.54) is 0 Å². The number of halogens is 1. The molecule has 6 heteroatoms. The van der Waals surface area contributed by atoms with Crippen LogP contribution in [0.3, 0.4) is 0 Å². The van der Waals surface area contributed by atoms with Crippen molar-refractivity contribution in [2.75, 3.05) is 13.2 Å². The van der Waals surface area contributed by atoms with Crippen molar-refractivity contribution in [3.63, 3.8) is 0 Å². The van der Waals surface area contributed by atoms with E-state index in [-0.39, 0.29) is 5.97 Å². The van der Waals surface area contributed by atoms with Crippen LogP contribution in [0.15, 0.2) is 36.7 Å². The Morgan fingerprint density at radius 3 is 2.70 bits per heavy atom. The number of rotatable bonds is 7. The molecule has 122 valence electrons. The zero-order valence-corrected chi connectivity index (χ0v) is 15.2. The van der Waals surface area contributed by atoms with Crippen LogP contribution in [0, 0.1) is 3.57 Å². The van der Waals surface area contributed by atoms with Crippen molar-refractivity contribution in [3.05, 3.63) is 51.4 Å². The molecule has 0 atom stereocenters. The zero-order chi connectivity index (χ0) is 16.7. The minimum absolute atomic E-state index is 0.332. The summed E-state index contributed by atoms with van der Waals surface area (Å²) in [4.78, 5) is 16.0. The van der Waals surface area contributed by atoms with Gasteiger partial charge >= 0.3 is 5.97 Å². The molecule has 5 nitrogen and oxygen atoms in total. The molecule has 1 heterocycles. The van der Waals surface area contributed by atoms with Gasteiger partial charge in [-0.3, -0.25) is 4.98 Å². The molecule has 0 saturated carbocycles. The summed E-state index contributed by atoms with van der Waals surface area (Å²) < 4.78 is 17.3. The smallest absolute Gasteiger partial charge is 0.338 e. The maximum atomic E-state index is 11.9. The summed E-state index contributed by atoms with van der Waals surface area (Å²) in [5, 5.41) is 0. The van der Waals surface area contributed by atoms with E-state index in [4.69, 9.17) is 14.2 Å². The second-order valence-corrected chi connectivity index (χ2v) is 5.75. The number of hydrogen-bond donors (Lipinski definition) is 0. The number of benzene rings is 1. The molecular formula is C17H18INO4. The first-order valence-corrected chi connectivity index (χ1v) is 8.38. The number of pyridine rings is 1. The number of carbonyl (C=O) groups is 1. The second kappa shape index (κ2) is 8.71. The summed E-state index contributed by atoms with van der Waals surface area (Å²) in [5.74, 6) is 0.779. The average molecular weight is 427 g/mol. The van der Waals surface area contributed by atoms with Gasteiger partial charge in [-0.25, -0.2) is 4.79 Å². The quantitative estimate of drug-likeness (QED) is 0.497. The van der Waals surface area contributed by atoms with Crippen molar-refractivity contribution in [2.24, 2.45) is 0 Å². The highest BCUT2D eigenvalue weighted by Gasteiger charge is 2.16. The molecule has 0 unspecified atom stereocenters. The average Bonchev–Trinajstić information content (AvgIpc) is 2.55. The molecule has 0 amide bonds. The summed E-state index contributed by atoms with van der Waals surface area (Å²) in [6.45, 7) is 4.85. The van der Waals surface area contributed by atoms with Crippen LogP contribution in [-0.2, 0) is 11.3 Å². The summed E-state index contributed by atoms with van der Waals surface area (Å²) in [6.07, 6.45) is 3.47. The van der Waals surface area contributed by atoms with E-state index in [1.54, 1.807) is 31.5 Å². The molecular weight excluding hydrogens is 409 g/mol. The predicted octanol–water partition coefficient (Wildman–Crippen LogP) is 3.84. The minimum atomic E-state index is -0.370. The standard InChI is InChI=1S/C17H18INO4/c1-3-21-15-9-13(17(20)22-4-2)8-14(18)16(15)23-11-12-6-5-7-19-10-12/h5-10H,3-4,11H2,1-2H3. The van der Waals surface area contributed by atoms with Gasteiger partial charge in [0.15, 0.2) is 11.5 Å². The third-order valence-corrected chi connectivity index (χ3v) is 3.73. The summed E-state index contributed by atoms with van der Waals surface area (Å²) in [7, 11) is 0. The van der Waals surface area contributed by atoms with Gasteiger partial charge in [0.1, 0.15) is 6.61 Å². The largest absolute Gasteiger partial charge is 0.490 e. The Balaban J connectivity index is 2.25. The molecule has 0 fully saturated rings. The van der Waals surface area contributed by atoms with Gasteiger partial charge in [-0.1, -0.05) is 6.07 Å². The lowest BCUT2D eigenvalue weighted by Crippen LogP contribution is -2.08. The lowest BCUT2D eigenvalue weighted by Gasteiger charge is -2.15. The van der Waals surface area contributed by atoms with Crippen LogP contribution in [0.2, 0.25) is 0 Å². The third-order valence-electron chi connectivity index (χ3n) is 2.93. The molecule has 1 aromatic heterocycles. The van der Waals surface area contributed by atoms with Crippen LogP contribution in [0.4, 0.5) is 0 Å². The van der Waals surface area contributed by atoms with Crippen LogP contribution in [0.25, 0.3) is 0 Å². The Bertz CT molecular complexity index is 661. The highest BCUT2D eigenvalue weighted by Crippen LogP contribution is 2.35. The number of ether oxygens (including phenoxy) is 3. The summed E-state index contributed by atoms with van der Waals surface area (Å²) >= 11 is 2.13. The summed E-state index contributed by atoms with van der Waals surface area (Å²) in [5.41, 5.74) is 1.41. The van der Waals surface area contributed by atoms with E-state index in [1.807, 2.05) is 19.1 Å². The maximum Gasteiger partial charge on any atom is 0.338 e. The van der Waals surface area contributed by atoms with Crippen molar-refractivity contribution < 1.29 is 19.0 Å². The van der Waals surface area contributed by atoms with Crippen LogP contribution < -0.4 is 9.47 Å². The van der Waals surface area contributed by atoms with E-state index in [9.17, 15) is 4.79 Å². The van der Waals surface area contributed by atoms with Crippen molar-refractivity contribution in [1.82, 2.24) is 4.98 Å². The van der Waals surface area contributed by atoms with Crippen LogP contribution in [-0.4, -0.2) is 24.2 Å². The zero-order valence-electron chi connectivity index (χ0n) is 13.0. The first-order chi connectivity index (χ1) is 11.2. The molecule has 2 aromatic rings. The Labute approximate surface area is 149 Å². The van der Waals surface area contributed by atoms with E-state index in [0.717, 1.165) is 9.13 Å². The number of carbonyl (C=O) groups excluding carboxylic acids is 1. The van der Waals surface area contributed by atoms with E-state index < -0.39 is 0 Å². The van der Waals surface area contributed by atoms with Crippen molar-refractivity contribution in [3.8, 4) is 11.5 Å². The van der Waals surface area contributed by atoms with Crippen molar-refractivity contribution in [1.29, 1.82) is 0 Å². The molecule has 1 aromatic carbocycles. The lowest BCUT2D eigenvalue weighted by molar-refractivity contribution is 0.0525.